The van der Waals surface area contributed by atoms with Crippen molar-refractivity contribution in [1.29, 1.82) is 0 Å². The molecule has 1 saturated heterocycles. The molecule has 1 unspecified atom stereocenters. The first-order chi connectivity index (χ1) is 15.3. The standard InChI is InChI=1S/C21H18Cl2N4O4S/c22-15-4-2-13(8-16(15)23)32-26-21(31)24-9-11-1-3-14-12(7-11)10-27(20(14)30)17-5-6-18(28)25-19(17)29/h1-4,7-8,17H,5-6,9-10H2,(H2,24,26,31)(H,25,28,29). The van der Waals surface area contributed by atoms with Gasteiger partial charge in [-0.15, -0.1) is 0 Å². The summed E-state index contributed by atoms with van der Waals surface area (Å²) in [5.41, 5.74) is 2.12. The number of nitrogens with zero attached hydrogens (tertiary/aromatic N) is 1. The molecule has 2 heterocycles. The van der Waals surface area contributed by atoms with Crippen LogP contribution in [-0.4, -0.2) is 34.7 Å². The second kappa shape index (κ2) is 9.40. The van der Waals surface area contributed by atoms with Crippen molar-refractivity contribution in [3.8, 4) is 0 Å². The van der Waals surface area contributed by atoms with Crippen LogP contribution < -0.4 is 15.4 Å². The number of urea groups is 1. The number of carbonyl (C=O) groups excluding carboxylic acids is 4. The number of hydrogen-bond acceptors (Lipinski definition) is 5. The molecule has 0 aliphatic carbocycles. The molecule has 0 bridgehead atoms. The predicted octanol–water partition coefficient (Wildman–Crippen LogP) is 3.26. The number of amides is 5. The minimum absolute atomic E-state index is 0.209. The van der Waals surface area contributed by atoms with E-state index in [1.165, 1.54) is 4.90 Å². The zero-order valence-electron chi connectivity index (χ0n) is 16.6. The van der Waals surface area contributed by atoms with E-state index >= 15 is 0 Å². The second-order valence-corrected chi connectivity index (χ2v) is 9.05. The number of carbonyl (C=O) groups is 4. The fourth-order valence-electron chi connectivity index (χ4n) is 3.60. The first-order valence-electron chi connectivity index (χ1n) is 9.74. The van der Waals surface area contributed by atoms with Gasteiger partial charge < -0.3 is 10.2 Å². The van der Waals surface area contributed by atoms with Crippen LogP contribution in [0.3, 0.4) is 0 Å². The Labute approximate surface area is 198 Å². The van der Waals surface area contributed by atoms with Crippen molar-refractivity contribution in [2.24, 2.45) is 0 Å². The van der Waals surface area contributed by atoms with Gasteiger partial charge >= 0.3 is 6.03 Å². The van der Waals surface area contributed by atoms with Gasteiger partial charge in [0.1, 0.15) is 6.04 Å². The molecule has 2 aromatic rings. The van der Waals surface area contributed by atoms with E-state index in [9.17, 15) is 19.2 Å². The molecule has 4 rings (SSSR count). The van der Waals surface area contributed by atoms with Crippen LogP contribution in [0.2, 0.25) is 10.0 Å². The number of rotatable bonds is 5. The maximum Gasteiger partial charge on any atom is 0.325 e. The molecule has 0 radical (unpaired) electrons. The molecule has 32 heavy (non-hydrogen) atoms. The maximum atomic E-state index is 12.7. The van der Waals surface area contributed by atoms with Crippen LogP contribution in [0.25, 0.3) is 0 Å². The highest BCUT2D eigenvalue weighted by Gasteiger charge is 2.39. The minimum atomic E-state index is -0.654. The summed E-state index contributed by atoms with van der Waals surface area (Å²) in [5.74, 6) is -0.996. The van der Waals surface area contributed by atoms with Gasteiger partial charge in [0.2, 0.25) is 11.8 Å². The number of nitrogens with one attached hydrogen (secondary N) is 3. The fourth-order valence-corrected chi connectivity index (χ4v) is 4.56. The van der Waals surface area contributed by atoms with Gasteiger partial charge in [0.25, 0.3) is 5.91 Å². The van der Waals surface area contributed by atoms with E-state index in [4.69, 9.17) is 23.2 Å². The summed E-state index contributed by atoms with van der Waals surface area (Å²) >= 11 is 12.9. The molecule has 8 nitrogen and oxygen atoms in total. The van der Waals surface area contributed by atoms with E-state index in [1.54, 1.807) is 30.3 Å². The second-order valence-electron chi connectivity index (χ2n) is 7.35. The molecule has 1 atom stereocenters. The zero-order valence-corrected chi connectivity index (χ0v) is 18.9. The van der Waals surface area contributed by atoms with Crippen LogP contribution in [0.1, 0.15) is 34.3 Å². The van der Waals surface area contributed by atoms with Crippen molar-refractivity contribution in [2.75, 3.05) is 0 Å². The van der Waals surface area contributed by atoms with E-state index in [0.717, 1.165) is 28.0 Å². The molecule has 0 saturated carbocycles. The summed E-state index contributed by atoms with van der Waals surface area (Å²) in [6.45, 7) is 0.543. The lowest BCUT2D eigenvalue weighted by atomic mass is 10.0. The van der Waals surface area contributed by atoms with Crippen molar-refractivity contribution in [2.45, 2.75) is 36.9 Å². The van der Waals surface area contributed by atoms with Gasteiger partial charge in [0.05, 0.1) is 10.0 Å². The van der Waals surface area contributed by atoms with E-state index in [2.05, 4.69) is 15.4 Å². The van der Waals surface area contributed by atoms with Gasteiger partial charge in [-0.2, -0.15) is 0 Å². The normalized spacial score (nSPS) is 17.8. The first-order valence-corrected chi connectivity index (χ1v) is 11.3. The van der Waals surface area contributed by atoms with Crippen molar-refractivity contribution >= 4 is 58.9 Å². The van der Waals surface area contributed by atoms with Crippen LogP contribution in [0.5, 0.6) is 0 Å². The third-order valence-corrected chi connectivity index (χ3v) is 6.71. The molecular formula is C21H18Cl2N4O4S. The number of benzene rings is 2. The average molecular weight is 493 g/mol. The van der Waals surface area contributed by atoms with Crippen LogP contribution in [0.15, 0.2) is 41.3 Å². The van der Waals surface area contributed by atoms with E-state index < -0.39 is 11.9 Å². The van der Waals surface area contributed by atoms with Crippen LogP contribution >= 0.6 is 35.1 Å². The lowest BCUT2D eigenvalue weighted by Crippen LogP contribution is -2.52. The zero-order chi connectivity index (χ0) is 22.8. The lowest BCUT2D eigenvalue weighted by Gasteiger charge is -2.29. The molecule has 11 heteroatoms. The highest BCUT2D eigenvalue weighted by atomic mass is 35.5. The van der Waals surface area contributed by atoms with E-state index in [0.29, 0.717) is 22.0 Å². The van der Waals surface area contributed by atoms with E-state index in [1.807, 2.05) is 6.07 Å². The molecule has 0 aromatic heterocycles. The van der Waals surface area contributed by atoms with Gasteiger partial charge in [-0.1, -0.05) is 35.3 Å². The average Bonchev–Trinajstić information content (AvgIpc) is 3.08. The topological polar surface area (TPSA) is 108 Å². The predicted molar refractivity (Wildman–Crippen MR) is 120 cm³/mol. The van der Waals surface area contributed by atoms with Crippen molar-refractivity contribution in [3.05, 3.63) is 63.1 Å². The molecule has 2 aromatic carbocycles. The van der Waals surface area contributed by atoms with Crippen LogP contribution in [0, 0.1) is 0 Å². The van der Waals surface area contributed by atoms with Crippen LogP contribution in [-0.2, 0) is 22.7 Å². The SMILES string of the molecule is O=C1CCC(N2Cc3cc(CNC(=O)NSc4ccc(Cl)c(Cl)c4)ccc3C2=O)C(=O)N1. The van der Waals surface area contributed by atoms with Gasteiger partial charge in [-0.3, -0.25) is 24.4 Å². The molecule has 0 spiro atoms. The Balaban J connectivity index is 1.33. The third-order valence-electron chi connectivity index (χ3n) is 5.19. The Bertz CT molecular complexity index is 1130. The van der Waals surface area contributed by atoms with Gasteiger partial charge in [0, 0.05) is 30.0 Å². The van der Waals surface area contributed by atoms with Gasteiger partial charge in [-0.05, 0) is 53.8 Å². The Morgan fingerprint density at radius 3 is 2.69 bits per heavy atom. The highest BCUT2D eigenvalue weighted by molar-refractivity contribution is 7.98. The number of piperidine rings is 1. The lowest BCUT2D eigenvalue weighted by molar-refractivity contribution is -0.136. The summed E-state index contributed by atoms with van der Waals surface area (Å²) < 4.78 is 2.66. The summed E-state index contributed by atoms with van der Waals surface area (Å²) in [6, 6.07) is 9.30. The third kappa shape index (κ3) is 4.85. The summed E-state index contributed by atoms with van der Waals surface area (Å²) in [6.07, 6.45) is 0.524. The monoisotopic (exact) mass is 492 g/mol. The van der Waals surface area contributed by atoms with Gasteiger partial charge in [-0.25, -0.2) is 4.79 Å². The molecule has 3 N–H and O–H groups in total. The molecule has 2 aliphatic rings. The Kier molecular flexibility index (Phi) is 6.59. The van der Waals surface area contributed by atoms with E-state index in [-0.39, 0.29) is 37.4 Å². The quantitative estimate of drug-likeness (QED) is 0.438. The summed E-state index contributed by atoms with van der Waals surface area (Å²) in [7, 11) is 0. The number of hydrogen-bond donors (Lipinski definition) is 3. The molecular weight excluding hydrogens is 475 g/mol. The Morgan fingerprint density at radius 2 is 1.94 bits per heavy atom. The largest absolute Gasteiger partial charge is 0.333 e. The number of fused-ring (bicyclic) bond motifs is 1. The fraction of sp³-hybridized carbons (Fsp3) is 0.238. The first kappa shape index (κ1) is 22.4. The molecule has 166 valence electrons. The van der Waals surface area contributed by atoms with Crippen molar-refractivity contribution in [1.82, 2.24) is 20.3 Å². The number of imide groups is 1. The Hall–Kier alpha value is -2.75. The number of halogens is 2. The smallest absolute Gasteiger partial charge is 0.325 e. The molecule has 2 aliphatic heterocycles. The molecule has 1 fully saturated rings. The summed E-state index contributed by atoms with van der Waals surface area (Å²) in [5, 5.41) is 5.88. The Morgan fingerprint density at radius 1 is 1.12 bits per heavy atom. The van der Waals surface area contributed by atoms with Crippen molar-refractivity contribution in [3.63, 3.8) is 0 Å². The van der Waals surface area contributed by atoms with Crippen LogP contribution in [0.4, 0.5) is 4.79 Å². The maximum absolute atomic E-state index is 12.7. The minimum Gasteiger partial charge on any atom is -0.333 e. The van der Waals surface area contributed by atoms with Gasteiger partial charge in [0.15, 0.2) is 0 Å². The highest BCUT2D eigenvalue weighted by Crippen LogP contribution is 2.29. The molecule has 5 amide bonds. The van der Waals surface area contributed by atoms with Crippen molar-refractivity contribution < 1.29 is 19.2 Å². The summed E-state index contributed by atoms with van der Waals surface area (Å²) in [4.78, 5) is 50.6.